The molecular formula is C22H19F4NO3. The Morgan fingerprint density at radius 2 is 1.70 bits per heavy atom. The molecule has 1 aliphatic heterocycles. The van der Waals surface area contributed by atoms with Crippen molar-refractivity contribution in [3.05, 3.63) is 75.9 Å². The van der Waals surface area contributed by atoms with Crippen molar-refractivity contribution in [2.24, 2.45) is 0 Å². The fourth-order valence-corrected chi connectivity index (χ4v) is 3.78. The molecule has 2 heterocycles. The number of rotatable bonds is 4. The molecule has 0 N–H and O–H groups in total. The van der Waals surface area contributed by atoms with Gasteiger partial charge in [0, 0.05) is 49.0 Å². The van der Waals surface area contributed by atoms with Gasteiger partial charge in [0.15, 0.2) is 0 Å². The summed E-state index contributed by atoms with van der Waals surface area (Å²) in [6, 6.07) is 11.0. The minimum Gasteiger partial charge on any atom is -0.423 e. The Hall–Kier alpha value is -2.87. The number of fused-ring (bicyclic) bond motifs is 1. The van der Waals surface area contributed by atoms with Crippen LogP contribution >= 0.6 is 0 Å². The maximum Gasteiger partial charge on any atom is 0.417 e. The molecule has 158 valence electrons. The summed E-state index contributed by atoms with van der Waals surface area (Å²) in [4.78, 5) is 13.8. The van der Waals surface area contributed by atoms with Gasteiger partial charge in [-0.15, -0.1) is 0 Å². The fourth-order valence-electron chi connectivity index (χ4n) is 3.78. The molecule has 1 aliphatic rings. The van der Waals surface area contributed by atoms with E-state index in [0.29, 0.717) is 31.5 Å². The summed E-state index contributed by atoms with van der Waals surface area (Å²) in [7, 11) is 0. The van der Waals surface area contributed by atoms with E-state index in [1.807, 2.05) is 4.90 Å². The van der Waals surface area contributed by atoms with Gasteiger partial charge in [-0.2, -0.15) is 13.2 Å². The van der Waals surface area contributed by atoms with Crippen LogP contribution in [-0.4, -0.2) is 19.3 Å². The third kappa shape index (κ3) is 4.33. The third-order valence-electron chi connectivity index (χ3n) is 5.26. The van der Waals surface area contributed by atoms with Crippen molar-refractivity contribution < 1.29 is 26.7 Å². The van der Waals surface area contributed by atoms with Crippen LogP contribution < -0.4 is 10.5 Å². The second-order valence-electron chi connectivity index (χ2n) is 7.26. The number of anilines is 1. The van der Waals surface area contributed by atoms with Crippen LogP contribution in [0.25, 0.3) is 11.0 Å². The van der Waals surface area contributed by atoms with Gasteiger partial charge in [-0.05, 0) is 42.7 Å². The third-order valence-corrected chi connectivity index (χ3v) is 5.26. The molecule has 4 nitrogen and oxygen atoms in total. The molecule has 3 aromatic rings. The summed E-state index contributed by atoms with van der Waals surface area (Å²) >= 11 is 0. The van der Waals surface area contributed by atoms with Gasteiger partial charge in [0.25, 0.3) is 0 Å². The Morgan fingerprint density at radius 1 is 1.00 bits per heavy atom. The summed E-state index contributed by atoms with van der Waals surface area (Å²) < 4.78 is 63.8. The molecule has 0 radical (unpaired) electrons. The van der Waals surface area contributed by atoms with E-state index >= 15 is 0 Å². The molecule has 0 atom stereocenters. The van der Waals surface area contributed by atoms with Crippen molar-refractivity contribution >= 4 is 16.7 Å². The van der Waals surface area contributed by atoms with E-state index in [0.717, 1.165) is 18.4 Å². The van der Waals surface area contributed by atoms with Gasteiger partial charge in [-0.25, -0.2) is 9.18 Å². The normalized spacial score (nSPS) is 15.5. The Balaban J connectivity index is 1.77. The van der Waals surface area contributed by atoms with Crippen molar-refractivity contribution in [1.82, 2.24) is 0 Å². The minimum absolute atomic E-state index is 0.0822. The highest BCUT2D eigenvalue weighted by Crippen LogP contribution is 2.36. The van der Waals surface area contributed by atoms with E-state index in [2.05, 4.69) is 0 Å². The number of nitrogens with zero attached hydrogens (tertiary/aromatic N) is 1. The molecular weight excluding hydrogens is 402 g/mol. The smallest absolute Gasteiger partial charge is 0.417 e. The van der Waals surface area contributed by atoms with Crippen molar-refractivity contribution in [2.45, 2.75) is 31.6 Å². The molecule has 8 heteroatoms. The van der Waals surface area contributed by atoms with E-state index in [9.17, 15) is 22.4 Å². The first-order valence-corrected chi connectivity index (χ1v) is 9.55. The minimum atomic E-state index is -4.66. The zero-order valence-electron chi connectivity index (χ0n) is 15.9. The van der Waals surface area contributed by atoms with Crippen LogP contribution in [-0.2, 0) is 17.5 Å². The first-order chi connectivity index (χ1) is 14.3. The number of hydrogen-bond acceptors (Lipinski definition) is 4. The van der Waals surface area contributed by atoms with Crippen LogP contribution in [0.15, 0.2) is 57.7 Å². The highest BCUT2D eigenvalue weighted by atomic mass is 19.4. The molecule has 0 bridgehead atoms. The number of halogens is 4. The van der Waals surface area contributed by atoms with Crippen LogP contribution in [0.5, 0.6) is 0 Å². The maximum atomic E-state index is 13.3. The Morgan fingerprint density at radius 3 is 2.37 bits per heavy atom. The van der Waals surface area contributed by atoms with E-state index in [1.165, 1.54) is 24.3 Å². The molecule has 4 rings (SSSR count). The predicted molar refractivity (Wildman–Crippen MR) is 104 cm³/mol. The zero-order chi connectivity index (χ0) is 21.3. The number of hydrogen-bond donors (Lipinski definition) is 0. The molecule has 0 spiro atoms. The zero-order valence-corrected chi connectivity index (χ0v) is 15.9. The number of ether oxygens (including phenoxy) is 1. The van der Waals surface area contributed by atoms with Crippen LogP contribution in [0, 0.1) is 5.82 Å². The number of benzene rings is 2. The van der Waals surface area contributed by atoms with Crippen molar-refractivity contribution in [2.75, 3.05) is 18.1 Å². The van der Waals surface area contributed by atoms with E-state index in [1.54, 1.807) is 18.2 Å². The molecule has 1 saturated heterocycles. The lowest BCUT2D eigenvalue weighted by Gasteiger charge is -2.36. The Labute approximate surface area is 169 Å². The Bertz CT molecular complexity index is 1090. The molecule has 0 aliphatic carbocycles. The van der Waals surface area contributed by atoms with Crippen LogP contribution in [0.2, 0.25) is 0 Å². The van der Waals surface area contributed by atoms with Crippen LogP contribution in [0.3, 0.4) is 0 Å². The highest BCUT2D eigenvalue weighted by Gasteiger charge is 2.34. The van der Waals surface area contributed by atoms with Crippen molar-refractivity contribution in [3.8, 4) is 0 Å². The van der Waals surface area contributed by atoms with Crippen molar-refractivity contribution in [1.29, 1.82) is 0 Å². The lowest BCUT2D eigenvalue weighted by Crippen LogP contribution is -2.39. The molecule has 0 amide bonds. The SMILES string of the molecule is O=c1cc(C(F)(F)F)c2ccc(N(Cc3ccc(F)cc3)C3CCOCC3)cc2o1. The fraction of sp³-hybridized carbons (Fsp3) is 0.318. The van der Waals surface area contributed by atoms with E-state index < -0.39 is 17.4 Å². The molecule has 1 aromatic heterocycles. The summed E-state index contributed by atoms with van der Waals surface area (Å²) in [6.07, 6.45) is -3.18. The average Bonchev–Trinajstić information content (AvgIpc) is 2.72. The maximum absolute atomic E-state index is 13.3. The Kier molecular flexibility index (Phi) is 5.51. The van der Waals surface area contributed by atoms with E-state index in [-0.39, 0.29) is 22.8 Å². The first-order valence-electron chi connectivity index (χ1n) is 9.55. The van der Waals surface area contributed by atoms with Gasteiger partial charge in [0.2, 0.25) is 0 Å². The topological polar surface area (TPSA) is 42.7 Å². The van der Waals surface area contributed by atoms with E-state index in [4.69, 9.17) is 9.15 Å². The quantitative estimate of drug-likeness (QED) is 0.432. The van der Waals surface area contributed by atoms with Gasteiger partial charge >= 0.3 is 11.8 Å². The lowest BCUT2D eigenvalue weighted by molar-refractivity contribution is -0.136. The predicted octanol–water partition coefficient (Wildman–Crippen LogP) is 5.14. The molecule has 0 saturated carbocycles. The second kappa shape index (κ2) is 8.10. The first kappa shape index (κ1) is 20.4. The monoisotopic (exact) mass is 421 g/mol. The second-order valence-corrected chi connectivity index (χ2v) is 7.26. The largest absolute Gasteiger partial charge is 0.423 e. The van der Waals surface area contributed by atoms with Gasteiger partial charge in [0.05, 0.1) is 5.56 Å². The molecule has 30 heavy (non-hydrogen) atoms. The highest BCUT2D eigenvalue weighted by molar-refractivity contribution is 5.84. The summed E-state index contributed by atoms with van der Waals surface area (Å²) in [6.45, 7) is 1.58. The average molecular weight is 421 g/mol. The van der Waals surface area contributed by atoms with Crippen molar-refractivity contribution in [3.63, 3.8) is 0 Å². The molecule has 2 aromatic carbocycles. The molecule has 0 unspecified atom stereocenters. The molecule has 1 fully saturated rings. The van der Waals surface area contributed by atoms with Gasteiger partial charge in [0.1, 0.15) is 11.4 Å². The summed E-state index contributed by atoms with van der Waals surface area (Å²) in [5.41, 5.74) is -0.710. The van der Waals surface area contributed by atoms with Crippen LogP contribution in [0.1, 0.15) is 24.0 Å². The summed E-state index contributed by atoms with van der Waals surface area (Å²) in [5, 5.41) is -0.167. The lowest BCUT2D eigenvalue weighted by atomic mass is 10.0. The van der Waals surface area contributed by atoms with Gasteiger partial charge in [-0.3, -0.25) is 0 Å². The standard InChI is InChI=1S/C22H19F4NO3/c23-15-3-1-14(2-4-15)13-27(16-7-9-29-10-8-16)17-5-6-18-19(22(24,25)26)12-21(28)30-20(18)11-17/h1-6,11-12,16H,7-10,13H2. The van der Waals surface area contributed by atoms with Gasteiger partial charge in [-0.1, -0.05) is 12.1 Å². The van der Waals surface area contributed by atoms with Crippen LogP contribution in [0.4, 0.5) is 23.2 Å². The summed E-state index contributed by atoms with van der Waals surface area (Å²) in [5.74, 6) is -0.344. The number of alkyl halides is 3. The van der Waals surface area contributed by atoms with Gasteiger partial charge < -0.3 is 14.1 Å².